The molecule has 2 N–H and O–H groups in total. The van der Waals surface area contributed by atoms with E-state index in [-0.39, 0.29) is 5.56 Å². The summed E-state index contributed by atoms with van der Waals surface area (Å²) in [4.78, 5) is 10.2. The van der Waals surface area contributed by atoms with E-state index in [1.54, 1.807) is 18.2 Å². The molecule has 0 saturated carbocycles. The van der Waals surface area contributed by atoms with Crippen LogP contribution in [-0.2, 0) is 13.0 Å². The van der Waals surface area contributed by atoms with Gasteiger partial charge in [-0.05, 0) is 35.7 Å². The number of phenols is 1. The molecule has 0 fully saturated rings. The summed E-state index contributed by atoms with van der Waals surface area (Å²) in [6.45, 7) is -0.457. The molecule has 0 aliphatic carbocycles. The lowest BCUT2D eigenvalue weighted by Crippen LogP contribution is -1.97. The molecule has 0 unspecified atom stereocenters. The first-order valence-electron chi connectivity index (χ1n) is 5.85. The summed E-state index contributed by atoms with van der Waals surface area (Å²) < 4.78 is 0. The second-order valence-corrected chi connectivity index (χ2v) is 4.78. The predicted molar refractivity (Wildman–Crippen MR) is 74.9 cm³/mol. The third kappa shape index (κ3) is 3.07. The second-order valence-electron chi connectivity index (χ2n) is 4.34. The minimum atomic E-state index is -0.667. The summed E-state index contributed by atoms with van der Waals surface area (Å²) in [6, 6.07) is 9.97. The Hall–Kier alpha value is -2.11. The van der Waals surface area contributed by atoms with Crippen LogP contribution in [-0.4, -0.2) is 15.1 Å². The van der Waals surface area contributed by atoms with Gasteiger partial charge in [0, 0.05) is 16.7 Å². The molecule has 0 heterocycles. The SMILES string of the molecule is O=[N+]([O-])c1cc(Cc2ccc(Cl)cc2)cc(CO)c1O. The first-order chi connectivity index (χ1) is 9.51. The molecule has 0 aromatic heterocycles. The number of aromatic hydroxyl groups is 1. The highest BCUT2D eigenvalue weighted by Gasteiger charge is 2.18. The molecule has 20 heavy (non-hydrogen) atoms. The summed E-state index contributed by atoms with van der Waals surface area (Å²) in [5.74, 6) is -0.489. The average molecular weight is 294 g/mol. The van der Waals surface area contributed by atoms with E-state index in [9.17, 15) is 15.2 Å². The van der Waals surface area contributed by atoms with E-state index in [4.69, 9.17) is 16.7 Å². The van der Waals surface area contributed by atoms with E-state index >= 15 is 0 Å². The van der Waals surface area contributed by atoms with E-state index in [1.165, 1.54) is 6.07 Å². The minimum Gasteiger partial charge on any atom is -0.502 e. The maximum Gasteiger partial charge on any atom is 0.311 e. The van der Waals surface area contributed by atoms with Crippen LogP contribution in [0, 0.1) is 10.1 Å². The molecule has 5 nitrogen and oxygen atoms in total. The molecule has 0 aliphatic heterocycles. The van der Waals surface area contributed by atoms with Gasteiger partial charge in [-0.25, -0.2) is 0 Å². The molecule has 0 amide bonds. The number of nitro benzene ring substituents is 1. The molecule has 0 radical (unpaired) electrons. The quantitative estimate of drug-likeness (QED) is 0.670. The van der Waals surface area contributed by atoms with Gasteiger partial charge in [-0.15, -0.1) is 0 Å². The van der Waals surface area contributed by atoms with Gasteiger partial charge in [-0.2, -0.15) is 0 Å². The van der Waals surface area contributed by atoms with Crippen LogP contribution < -0.4 is 0 Å². The number of nitro groups is 1. The van der Waals surface area contributed by atoms with Crippen LogP contribution >= 0.6 is 11.6 Å². The molecule has 104 valence electrons. The standard InChI is InChI=1S/C14H12ClNO4/c15-12-3-1-9(2-4-12)5-10-6-11(8-17)14(18)13(7-10)16(19)20/h1-4,6-7,17-18H,5,8H2. The number of aliphatic hydroxyl groups is 1. The Labute approximate surface area is 120 Å². The zero-order chi connectivity index (χ0) is 14.7. The third-order valence-electron chi connectivity index (χ3n) is 2.92. The first kappa shape index (κ1) is 14.3. The van der Waals surface area contributed by atoms with Crippen molar-refractivity contribution in [1.29, 1.82) is 0 Å². The lowest BCUT2D eigenvalue weighted by atomic mass is 10.0. The Bertz CT molecular complexity index is 640. The second kappa shape index (κ2) is 5.90. The van der Waals surface area contributed by atoms with Gasteiger partial charge in [0.05, 0.1) is 11.5 Å². The van der Waals surface area contributed by atoms with Gasteiger partial charge in [0.2, 0.25) is 0 Å². The molecule has 0 spiro atoms. The summed E-state index contributed by atoms with van der Waals surface area (Å²) in [5, 5.41) is 30.3. The number of halogens is 1. The number of hydrogen-bond donors (Lipinski definition) is 2. The van der Waals surface area contributed by atoms with Crippen molar-refractivity contribution in [3.63, 3.8) is 0 Å². The average Bonchev–Trinajstić information content (AvgIpc) is 2.42. The highest BCUT2D eigenvalue weighted by Crippen LogP contribution is 2.32. The minimum absolute atomic E-state index is 0.142. The fourth-order valence-electron chi connectivity index (χ4n) is 1.94. The van der Waals surface area contributed by atoms with Crippen molar-refractivity contribution in [2.45, 2.75) is 13.0 Å². The molecule has 2 rings (SSSR count). The Morgan fingerprint density at radius 3 is 2.35 bits per heavy atom. The van der Waals surface area contributed by atoms with Crippen LogP contribution in [0.15, 0.2) is 36.4 Å². The molecule has 0 atom stereocenters. The van der Waals surface area contributed by atoms with Crippen LogP contribution in [0.3, 0.4) is 0 Å². The summed E-state index contributed by atoms with van der Waals surface area (Å²) in [6.07, 6.45) is 0.450. The van der Waals surface area contributed by atoms with Crippen molar-refractivity contribution >= 4 is 17.3 Å². The molecule has 0 bridgehead atoms. The Morgan fingerprint density at radius 1 is 1.15 bits per heavy atom. The van der Waals surface area contributed by atoms with Crippen molar-refractivity contribution in [2.75, 3.05) is 0 Å². The van der Waals surface area contributed by atoms with Gasteiger partial charge < -0.3 is 10.2 Å². The van der Waals surface area contributed by atoms with Crippen molar-refractivity contribution in [3.8, 4) is 5.75 Å². The van der Waals surface area contributed by atoms with Crippen molar-refractivity contribution in [3.05, 3.63) is 68.2 Å². The normalized spacial score (nSPS) is 10.5. The van der Waals surface area contributed by atoms with Crippen molar-refractivity contribution in [1.82, 2.24) is 0 Å². The van der Waals surface area contributed by atoms with E-state index in [0.717, 1.165) is 5.56 Å². The summed E-state index contributed by atoms with van der Waals surface area (Å²) in [7, 11) is 0. The van der Waals surface area contributed by atoms with Crippen molar-refractivity contribution < 1.29 is 15.1 Å². The third-order valence-corrected chi connectivity index (χ3v) is 3.17. The van der Waals surface area contributed by atoms with Gasteiger partial charge >= 0.3 is 5.69 Å². The smallest absolute Gasteiger partial charge is 0.311 e. The largest absolute Gasteiger partial charge is 0.502 e. The van der Waals surface area contributed by atoms with Gasteiger partial charge in [0.25, 0.3) is 0 Å². The van der Waals surface area contributed by atoms with E-state index in [1.807, 2.05) is 12.1 Å². The fourth-order valence-corrected chi connectivity index (χ4v) is 2.07. The Morgan fingerprint density at radius 2 is 1.80 bits per heavy atom. The number of nitrogens with zero attached hydrogens (tertiary/aromatic N) is 1. The van der Waals surface area contributed by atoms with Crippen LogP contribution in [0.4, 0.5) is 5.69 Å². The first-order valence-corrected chi connectivity index (χ1v) is 6.23. The lowest BCUT2D eigenvalue weighted by molar-refractivity contribution is -0.386. The number of aliphatic hydroxyl groups excluding tert-OH is 1. The van der Waals surface area contributed by atoms with Gasteiger partial charge in [-0.1, -0.05) is 23.7 Å². The Balaban J connectivity index is 2.39. The van der Waals surface area contributed by atoms with Crippen LogP contribution in [0.1, 0.15) is 16.7 Å². The summed E-state index contributed by atoms with van der Waals surface area (Å²) in [5.41, 5.74) is 1.31. The molecular weight excluding hydrogens is 282 g/mol. The van der Waals surface area contributed by atoms with E-state index in [0.29, 0.717) is 17.0 Å². The highest BCUT2D eigenvalue weighted by atomic mass is 35.5. The maximum absolute atomic E-state index is 10.9. The highest BCUT2D eigenvalue weighted by molar-refractivity contribution is 6.30. The Kier molecular flexibility index (Phi) is 4.22. The van der Waals surface area contributed by atoms with Crippen LogP contribution in [0.25, 0.3) is 0 Å². The zero-order valence-electron chi connectivity index (χ0n) is 10.4. The topological polar surface area (TPSA) is 83.6 Å². The van der Waals surface area contributed by atoms with Gasteiger partial charge in [0.1, 0.15) is 0 Å². The van der Waals surface area contributed by atoms with Crippen molar-refractivity contribution in [2.24, 2.45) is 0 Å². The molecule has 6 heteroatoms. The lowest BCUT2D eigenvalue weighted by Gasteiger charge is -2.07. The summed E-state index contributed by atoms with van der Waals surface area (Å²) >= 11 is 5.79. The number of hydrogen-bond acceptors (Lipinski definition) is 4. The van der Waals surface area contributed by atoms with Crippen LogP contribution in [0.2, 0.25) is 5.02 Å². The molecule has 2 aromatic rings. The number of benzene rings is 2. The zero-order valence-corrected chi connectivity index (χ0v) is 11.2. The monoisotopic (exact) mass is 293 g/mol. The number of rotatable bonds is 4. The maximum atomic E-state index is 10.9. The van der Waals surface area contributed by atoms with Crippen LogP contribution in [0.5, 0.6) is 5.75 Å². The molecule has 2 aromatic carbocycles. The predicted octanol–water partition coefficient (Wildman–Crippen LogP) is 3.04. The molecule has 0 saturated heterocycles. The molecular formula is C14H12ClNO4. The fraction of sp³-hybridized carbons (Fsp3) is 0.143. The van der Waals surface area contributed by atoms with E-state index in [2.05, 4.69) is 0 Å². The van der Waals surface area contributed by atoms with Gasteiger partial charge in [0.15, 0.2) is 5.75 Å². The van der Waals surface area contributed by atoms with E-state index < -0.39 is 23.0 Å². The molecule has 0 aliphatic rings. The van der Waals surface area contributed by atoms with Gasteiger partial charge in [-0.3, -0.25) is 10.1 Å².